The van der Waals surface area contributed by atoms with Crippen LogP contribution in [0.4, 0.5) is 14.9 Å². The lowest BCUT2D eigenvalue weighted by atomic mass is 10.2. The van der Waals surface area contributed by atoms with Crippen LogP contribution in [0.5, 0.6) is 0 Å². The van der Waals surface area contributed by atoms with Crippen molar-refractivity contribution in [3.8, 4) is 11.5 Å². The highest BCUT2D eigenvalue weighted by Crippen LogP contribution is 2.27. The molecule has 0 aliphatic rings. The monoisotopic (exact) mass is 401 g/mol. The molecule has 1 heterocycles. The van der Waals surface area contributed by atoms with Crippen LogP contribution < -0.4 is 10.6 Å². The number of halogens is 1. The highest BCUT2D eigenvalue weighted by Gasteiger charge is 2.21. The number of benzene rings is 2. The summed E-state index contributed by atoms with van der Waals surface area (Å²) in [4.78, 5) is 27.5. The van der Waals surface area contributed by atoms with Gasteiger partial charge in [-0.25, -0.2) is 19.0 Å². The number of nitrogens with one attached hydrogen (secondary N) is 2. The highest BCUT2D eigenvalue weighted by molar-refractivity contribution is 5.92. The topological polar surface area (TPSA) is 114 Å². The number of carbonyl (C=O) groups excluding carboxylic acids is 1. The van der Waals surface area contributed by atoms with Gasteiger partial charge >= 0.3 is 12.0 Å². The van der Waals surface area contributed by atoms with Gasteiger partial charge in [0.2, 0.25) is 5.89 Å². The summed E-state index contributed by atoms with van der Waals surface area (Å²) in [5, 5.41) is 13.6. The predicted octanol–water partition coefficient (Wildman–Crippen LogP) is 3.55. The number of aryl methyl sites for hydroxylation is 1. The standard InChI is InChI=1S/C20H20FN3O5/c1-3-28-10-16(19(25)26)24-20(27)23-14-6-5-12(9-13(14)21)18-22-15-8-11(2)4-7-17(15)29-18/h4-9,16H,3,10H2,1-2H3,(H,25,26)(H2,23,24,27). The fourth-order valence-electron chi connectivity index (χ4n) is 2.64. The summed E-state index contributed by atoms with van der Waals surface area (Å²) in [6.45, 7) is 3.74. The van der Waals surface area contributed by atoms with Gasteiger partial charge < -0.3 is 24.9 Å². The minimum atomic E-state index is -1.25. The number of carbonyl (C=O) groups is 2. The van der Waals surface area contributed by atoms with Crippen LogP contribution in [-0.2, 0) is 9.53 Å². The van der Waals surface area contributed by atoms with Crippen LogP contribution in [0.3, 0.4) is 0 Å². The third-order valence-corrected chi connectivity index (χ3v) is 4.10. The summed E-state index contributed by atoms with van der Waals surface area (Å²) in [6.07, 6.45) is 0. The molecule has 3 rings (SSSR count). The Kier molecular flexibility index (Phi) is 6.08. The summed E-state index contributed by atoms with van der Waals surface area (Å²) in [6, 6.07) is 7.51. The van der Waals surface area contributed by atoms with Gasteiger partial charge in [-0.3, -0.25) is 0 Å². The van der Waals surface area contributed by atoms with Gasteiger partial charge in [-0.05, 0) is 49.7 Å². The van der Waals surface area contributed by atoms with Gasteiger partial charge in [-0.2, -0.15) is 0 Å². The molecule has 0 aliphatic heterocycles. The quantitative estimate of drug-likeness (QED) is 0.558. The second kappa shape index (κ2) is 8.70. The zero-order valence-electron chi connectivity index (χ0n) is 15.9. The van der Waals surface area contributed by atoms with Gasteiger partial charge in [0.25, 0.3) is 0 Å². The highest BCUT2D eigenvalue weighted by atomic mass is 19.1. The fourth-order valence-corrected chi connectivity index (χ4v) is 2.64. The Morgan fingerprint density at radius 3 is 2.76 bits per heavy atom. The fraction of sp³-hybridized carbons (Fsp3) is 0.250. The Labute approximate surface area is 165 Å². The number of nitrogens with zero attached hydrogens (tertiary/aromatic N) is 1. The smallest absolute Gasteiger partial charge is 0.328 e. The average Bonchev–Trinajstić information content (AvgIpc) is 3.09. The van der Waals surface area contributed by atoms with Crippen LogP contribution in [0.25, 0.3) is 22.6 Å². The first-order valence-electron chi connectivity index (χ1n) is 8.92. The summed E-state index contributed by atoms with van der Waals surface area (Å²) in [5.41, 5.74) is 2.57. The molecule has 0 aliphatic carbocycles. The van der Waals surface area contributed by atoms with Crippen molar-refractivity contribution in [2.45, 2.75) is 19.9 Å². The number of urea groups is 1. The number of hydrogen-bond donors (Lipinski definition) is 3. The lowest BCUT2D eigenvalue weighted by molar-refractivity contribution is -0.140. The molecule has 2 aromatic carbocycles. The molecule has 0 fully saturated rings. The van der Waals surface area contributed by atoms with Crippen molar-refractivity contribution in [2.24, 2.45) is 0 Å². The summed E-state index contributed by atoms with van der Waals surface area (Å²) < 4.78 is 25.1. The molecule has 2 amide bonds. The van der Waals surface area contributed by atoms with E-state index in [0.29, 0.717) is 23.3 Å². The third-order valence-electron chi connectivity index (χ3n) is 4.10. The van der Waals surface area contributed by atoms with Gasteiger partial charge in [0.15, 0.2) is 11.6 Å². The van der Waals surface area contributed by atoms with Crippen LogP contribution in [0.1, 0.15) is 12.5 Å². The maximum Gasteiger partial charge on any atom is 0.328 e. The van der Waals surface area contributed by atoms with Gasteiger partial charge in [0.05, 0.1) is 12.3 Å². The van der Waals surface area contributed by atoms with E-state index in [4.69, 9.17) is 14.3 Å². The number of oxazole rings is 1. The summed E-state index contributed by atoms with van der Waals surface area (Å²) in [7, 11) is 0. The number of fused-ring (bicyclic) bond motifs is 1. The third kappa shape index (κ3) is 4.88. The van der Waals surface area contributed by atoms with Crippen molar-refractivity contribution in [2.75, 3.05) is 18.5 Å². The largest absolute Gasteiger partial charge is 0.480 e. The van der Waals surface area contributed by atoms with Gasteiger partial charge in [0.1, 0.15) is 11.3 Å². The Bertz CT molecular complexity index is 1050. The summed E-state index contributed by atoms with van der Waals surface area (Å²) in [5.74, 6) is -1.72. The Hall–Kier alpha value is -3.46. The number of hydrogen-bond acceptors (Lipinski definition) is 5. The molecule has 29 heavy (non-hydrogen) atoms. The maximum atomic E-state index is 14.5. The number of amides is 2. The van der Waals surface area contributed by atoms with Crippen LogP contribution in [0, 0.1) is 12.7 Å². The van der Waals surface area contributed by atoms with Crippen molar-refractivity contribution in [1.82, 2.24) is 10.3 Å². The average molecular weight is 401 g/mol. The first-order valence-corrected chi connectivity index (χ1v) is 8.92. The van der Waals surface area contributed by atoms with E-state index in [-0.39, 0.29) is 18.2 Å². The number of aromatic nitrogens is 1. The van der Waals surface area contributed by atoms with Crippen molar-refractivity contribution < 1.29 is 28.2 Å². The van der Waals surface area contributed by atoms with E-state index in [1.54, 1.807) is 19.1 Å². The lowest BCUT2D eigenvalue weighted by Crippen LogP contribution is -2.46. The molecule has 0 radical (unpaired) electrons. The van der Waals surface area contributed by atoms with Crippen LogP contribution >= 0.6 is 0 Å². The summed E-state index contributed by atoms with van der Waals surface area (Å²) >= 11 is 0. The van der Waals surface area contributed by atoms with Crippen molar-refractivity contribution in [3.63, 3.8) is 0 Å². The van der Waals surface area contributed by atoms with E-state index in [1.807, 2.05) is 19.1 Å². The number of rotatable bonds is 7. The molecule has 0 spiro atoms. The second-order valence-corrected chi connectivity index (χ2v) is 6.33. The minimum absolute atomic E-state index is 0.112. The number of anilines is 1. The molecule has 1 atom stereocenters. The van der Waals surface area contributed by atoms with Crippen molar-refractivity contribution >= 4 is 28.8 Å². The predicted molar refractivity (Wildman–Crippen MR) is 104 cm³/mol. The number of carboxylic acids is 1. The second-order valence-electron chi connectivity index (χ2n) is 6.33. The molecular formula is C20H20FN3O5. The lowest BCUT2D eigenvalue weighted by Gasteiger charge is -2.15. The molecule has 1 aromatic heterocycles. The molecule has 0 saturated heterocycles. The van der Waals surface area contributed by atoms with Gasteiger partial charge in [-0.15, -0.1) is 0 Å². The number of ether oxygens (including phenoxy) is 1. The van der Waals surface area contributed by atoms with Crippen LogP contribution in [0.2, 0.25) is 0 Å². The van der Waals surface area contributed by atoms with Crippen LogP contribution in [-0.4, -0.2) is 41.3 Å². The molecular weight excluding hydrogens is 381 g/mol. The number of carboxylic acid groups (broad SMARTS) is 1. The molecule has 1 unspecified atom stereocenters. The maximum absolute atomic E-state index is 14.5. The molecule has 0 bridgehead atoms. The molecule has 0 saturated carbocycles. The first kappa shape index (κ1) is 20.3. The van der Waals surface area contributed by atoms with E-state index in [1.165, 1.54) is 12.1 Å². The van der Waals surface area contributed by atoms with Crippen molar-refractivity contribution in [3.05, 3.63) is 47.8 Å². The van der Waals surface area contributed by atoms with Gasteiger partial charge in [-0.1, -0.05) is 6.07 Å². The zero-order valence-corrected chi connectivity index (χ0v) is 15.9. The number of aliphatic carboxylic acids is 1. The first-order chi connectivity index (χ1) is 13.9. The van der Waals surface area contributed by atoms with Gasteiger partial charge in [0, 0.05) is 12.2 Å². The van der Waals surface area contributed by atoms with E-state index < -0.39 is 23.9 Å². The molecule has 152 valence electrons. The Morgan fingerprint density at radius 2 is 2.07 bits per heavy atom. The van der Waals surface area contributed by atoms with Crippen LogP contribution in [0.15, 0.2) is 40.8 Å². The van der Waals surface area contributed by atoms with E-state index >= 15 is 0 Å². The van der Waals surface area contributed by atoms with E-state index in [9.17, 15) is 14.0 Å². The van der Waals surface area contributed by atoms with E-state index in [0.717, 1.165) is 5.56 Å². The molecule has 8 nitrogen and oxygen atoms in total. The van der Waals surface area contributed by atoms with E-state index in [2.05, 4.69) is 15.6 Å². The Morgan fingerprint density at radius 1 is 1.28 bits per heavy atom. The zero-order chi connectivity index (χ0) is 21.0. The van der Waals surface area contributed by atoms with Crippen molar-refractivity contribution in [1.29, 1.82) is 0 Å². The minimum Gasteiger partial charge on any atom is -0.480 e. The molecule has 9 heteroatoms. The SMILES string of the molecule is CCOCC(NC(=O)Nc1ccc(-c2nc3cc(C)ccc3o2)cc1F)C(=O)O. The normalized spacial score (nSPS) is 12.0. The molecule has 3 aromatic rings. The molecule has 3 N–H and O–H groups in total. The Balaban J connectivity index is 1.73.